The molecule has 4 heteroatoms. The van der Waals surface area contributed by atoms with Crippen molar-refractivity contribution in [1.29, 1.82) is 0 Å². The van der Waals surface area contributed by atoms with Gasteiger partial charge in [0.15, 0.2) is 0 Å². The highest BCUT2D eigenvalue weighted by atomic mass is 35.5. The van der Waals surface area contributed by atoms with Crippen LogP contribution in [0.25, 0.3) is 0 Å². The number of ether oxygens (including phenoxy) is 1. The number of benzene rings is 2. The van der Waals surface area contributed by atoms with Crippen LogP contribution in [0.5, 0.6) is 5.75 Å². The average Bonchev–Trinajstić information content (AvgIpc) is 2.37. The first-order valence-corrected chi connectivity index (χ1v) is 6.60. The van der Waals surface area contributed by atoms with Crippen LogP contribution < -0.4 is 10.1 Å². The van der Waals surface area contributed by atoms with Crippen molar-refractivity contribution in [1.82, 2.24) is 0 Å². The third-order valence-electron chi connectivity index (χ3n) is 2.89. The summed E-state index contributed by atoms with van der Waals surface area (Å²) in [7, 11) is 1.55. The Labute approximate surface area is 123 Å². The fraction of sp³-hybridized carbons (Fsp3) is 0.188. The number of hydrogen-bond donors (Lipinski definition) is 1. The Morgan fingerprint density at radius 2 is 1.75 bits per heavy atom. The number of amides is 1. The molecular formula is C16H16ClNO2. The average molecular weight is 290 g/mol. The highest BCUT2D eigenvalue weighted by Gasteiger charge is 2.09. The fourth-order valence-electron chi connectivity index (χ4n) is 2.05. The maximum atomic E-state index is 12.2. The maximum absolute atomic E-state index is 12.2. The molecule has 3 nitrogen and oxygen atoms in total. The Balaban J connectivity index is 2.21. The standard InChI is InChI=1S/C16H16ClNO2/c1-10-6-11(2)8-12(7-10)16(19)18-13-4-5-15(20-3)14(17)9-13/h4-9H,1-3H3,(H,18,19). The van der Waals surface area contributed by atoms with Crippen molar-refractivity contribution in [2.45, 2.75) is 13.8 Å². The molecule has 0 atom stereocenters. The molecule has 0 aliphatic rings. The minimum atomic E-state index is -0.155. The largest absolute Gasteiger partial charge is 0.495 e. The molecule has 1 amide bonds. The van der Waals surface area contributed by atoms with Crippen LogP contribution in [-0.4, -0.2) is 13.0 Å². The Morgan fingerprint density at radius 1 is 1.10 bits per heavy atom. The minimum absolute atomic E-state index is 0.155. The topological polar surface area (TPSA) is 38.3 Å². The first kappa shape index (κ1) is 14.4. The number of hydrogen-bond acceptors (Lipinski definition) is 2. The Bertz CT molecular complexity index is 633. The molecule has 0 saturated carbocycles. The van der Waals surface area contributed by atoms with Gasteiger partial charge in [-0.05, 0) is 44.2 Å². The number of nitrogens with one attached hydrogen (secondary N) is 1. The third-order valence-corrected chi connectivity index (χ3v) is 3.19. The molecule has 1 N–H and O–H groups in total. The monoisotopic (exact) mass is 289 g/mol. The maximum Gasteiger partial charge on any atom is 0.255 e. The number of anilines is 1. The number of aryl methyl sites for hydroxylation is 2. The summed E-state index contributed by atoms with van der Waals surface area (Å²) in [5.41, 5.74) is 3.39. The van der Waals surface area contributed by atoms with E-state index in [1.807, 2.05) is 32.0 Å². The quantitative estimate of drug-likeness (QED) is 0.919. The van der Waals surface area contributed by atoms with Gasteiger partial charge in [0, 0.05) is 11.3 Å². The highest BCUT2D eigenvalue weighted by Crippen LogP contribution is 2.27. The van der Waals surface area contributed by atoms with Gasteiger partial charge in [-0.2, -0.15) is 0 Å². The van der Waals surface area contributed by atoms with Crippen LogP contribution in [0.4, 0.5) is 5.69 Å². The van der Waals surface area contributed by atoms with E-state index in [2.05, 4.69) is 5.32 Å². The molecule has 0 saturated heterocycles. The van der Waals surface area contributed by atoms with Gasteiger partial charge in [-0.25, -0.2) is 0 Å². The van der Waals surface area contributed by atoms with E-state index in [1.165, 1.54) is 0 Å². The number of carbonyl (C=O) groups excluding carboxylic acids is 1. The Hall–Kier alpha value is -2.00. The number of methoxy groups -OCH3 is 1. The summed E-state index contributed by atoms with van der Waals surface area (Å²) < 4.78 is 5.08. The van der Waals surface area contributed by atoms with E-state index in [0.717, 1.165) is 11.1 Å². The zero-order chi connectivity index (χ0) is 14.7. The SMILES string of the molecule is COc1ccc(NC(=O)c2cc(C)cc(C)c2)cc1Cl. The Kier molecular flexibility index (Phi) is 4.30. The van der Waals surface area contributed by atoms with Crippen LogP contribution in [-0.2, 0) is 0 Å². The van der Waals surface area contributed by atoms with Crippen LogP contribution in [0.1, 0.15) is 21.5 Å². The molecule has 104 valence electrons. The van der Waals surface area contributed by atoms with Crippen LogP contribution in [0.3, 0.4) is 0 Å². The van der Waals surface area contributed by atoms with Gasteiger partial charge in [0.1, 0.15) is 5.75 Å². The summed E-state index contributed by atoms with van der Waals surface area (Å²) in [5, 5.41) is 3.29. The van der Waals surface area contributed by atoms with E-state index in [4.69, 9.17) is 16.3 Å². The van der Waals surface area contributed by atoms with Gasteiger partial charge in [0.2, 0.25) is 0 Å². The summed E-state index contributed by atoms with van der Waals surface area (Å²) in [5.74, 6) is 0.425. The van der Waals surface area contributed by atoms with Gasteiger partial charge in [-0.3, -0.25) is 4.79 Å². The van der Waals surface area contributed by atoms with Crippen molar-refractivity contribution in [3.8, 4) is 5.75 Å². The van der Waals surface area contributed by atoms with Crippen LogP contribution >= 0.6 is 11.6 Å². The van der Waals surface area contributed by atoms with Gasteiger partial charge in [0.05, 0.1) is 12.1 Å². The molecule has 0 heterocycles. The minimum Gasteiger partial charge on any atom is -0.495 e. The first-order chi connectivity index (χ1) is 9.49. The molecule has 0 aliphatic carbocycles. The molecular weight excluding hydrogens is 274 g/mol. The second kappa shape index (κ2) is 5.97. The fourth-order valence-corrected chi connectivity index (χ4v) is 2.31. The van der Waals surface area contributed by atoms with Crippen molar-refractivity contribution < 1.29 is 9.53 Å². The van der Waals surface area contributed by atoms with Crippen molar-refractivity contribution in [3.63, 3.8) is 0 Å². The predicted molar refractivity (Wildman–Crippen MR) is 81.9 cm³/mol. The zero-order valence-electron chi connectivity index (χ0n) is 11.7. The van der Waals surface area contributed by atoms with E-state index in [-0.39, 0.29) is 5.91 Å². The van der Waals surface area contributed by atoms with Crippen molar-refractivity contribution >= 4 is 23.2 Å². The molecule has 2 aromatic rings. The molecule has 0 radical (unpaired) electrons. The van der Waals surface area contributed by atoms with E-state index in [0.29, 0.717) is 22.0 Å². The van der Waals surface area contributed by atoms with Crippen molar-refractivity contribution in [2.75, 3.05) is 12.4 Å². The van der Waals surface area contributed by atoms with Gasteiger partial charge < -0.3 is 10.1 Å². The second-order valence-corrected chi connectivity index (χ2v) is 5.09. The predicted octanol–water partition coefficient (Wildman–Crippen LogP) is 4.22. The van der Waals surface area contributed by atoms with Crippen LogP contribution in [0.2, 0.25) is 5.02 Å². The van der Waals surface area contributed by atoms with E-state index in [9.17, 15) is 4.79 Å². The summed E-state index contributed by atoms with van der Waals surface area (Å²) >= 11 is 6.03. The lowest BCUT2D eigenvalue weighted by molar-refractivity contribution is 0.102. The summed E-state index contributed by atoms with van der Waals surface area (Å²) in [4.78, 5) is 12.2. The molecule has 0 aromatic heterocycles. The van der Waals surface area contributed by atoms with Crippen LogP contribution in [0, 0.1) is 13.8 Å². The molecule has 2 aromatic carbocycles. The van der Waals surface area contributed by atoms with Crippen molar-refractivity contribution in [2.24, 2.45) is 0 Å². The molecule has 20 heavy (non-hydrogen) atoms. The Morgan fingerprint density at radius 3 is 2.30 bits per heavy atom. The van der Waals surface area contributed by atoms with Gasteiger partial charge in [-0.1, -0.05) is 28.8 Å². The lowest BCUT2D eigenvalue weighted by atomic mass is 10.1. The summed E-state index contributed by atoms with van der Waals surface area (Å²) in [6, 6.07) is 10.9. The second-order valence-electron chi connectivity index (χ2n) is 4.68. The zero-order valence-corrected chi connectivity index (χ0v) is 12.4. The molecule has 2 rings (SSSR count). The highest BCUT2D eigenvalue weighted by molar-refractivity contribution is 6.32. The summed E-state index contributed by atoms with van der Waals surface area (Å²) in [6.07, 6.45) is 0. The van der Waals surface area contributed by atoms with Gasteiger partial charge in [-0.15, -0.1) is 0 Å². The lowest BCUT2D eigenvalue weighted by Gasteiger charge is -2.09. The smallest absolute Gasteiger partial charge is 0.255 e. The van der Waals surface area contributed by atoms with Crippen LogP contribution in [0.15, 0.2) is 36.4 Å². The van der Waals surface area contributed by atoms with E-state index >= 15 is 0 Å². The first-order valence-electron chi connectivity index (χ1n) is 6.23. The lowest BCUT2D eigenvalue weighted by Crippen LogP contribution is -2.12. The van der Waals surface area contributed by atoms with Crippen molar-refractivity contribution in [3.05, 3.63) is 58.1 Å². The number of carbonyl (C=O) groups is 1. The normalized spacial score (nSPS) is 10.2. The number of rotatable bonds is 3. The van der Waals surface area contributed by atoms with E-state index < -0.39 is 0 Å². The molecule has 0 spiro atoms. The van der Waals surface area contributed by atoms with Gasteiger partial charge >= 0.3 is 0 Å². The molecule has 0 fully saturated rings. The summed E-state index contributed by atoms with van der Waals surface area (Å²) in [6.45, 7) is 3.93. The molecule has 0 unspecified atom stereocenters. The third kappa shape index (κ3) is 3.31. The van der Waals surface area contributed by atoms with E-state index in [1.54, 1.807) is 25.3 Å². The molecule has 0 bridgehead atoms. The number of halogens is 1. The molecule has 0 aliphatic heterocycles. The van der Waals surface area contributed by atoms with Gasteiger partial charge in [0.25, 0.3) is 5.91 Å².